The van der Waals surface area contributed by atoms with Crippen molar-refractivity contribution in [3.8, 4) is 0 Å². The molecule has 0 bridgehead atoms. The maximum atomic E-state index is 3.97. The highest BCUT2D eigenvalue weighted by atomic mass is 32.2. The summed E-state index contributed by atoms with van der Waals surface area (Å²) in [4.78, 5) is 0. The maximum Gasteiger partial charge on any atom is 0.0505 e. The largest absolute Gasteiger partial charge is 0.163 e. The van der Waals surface area contributed by atoms with Gasteiger partial charge in [0.2, 0.25) is 0 Å². The molecule has 0 aromatic heterocycles. The van der Waals surface area contributed by atoms with Gasteiger partial charge in [0.25, 0.3) is 0 Å². The summed E-state index contributed by atoms with van der Waals surface area (Å²) in [5.74, 6) is 0. The second-order valence-electron chi connectivity index (χ2n) is 3.00. The van der Waals surface area contributed by atoms with Crippen molar-refractivity contribution in [2.45, 2.75) is 37.2 Å². The summed E-state index contributed by atoms with van der Waals surface area (Å²) in [5.41, 5.74) is 0. The van der Waals surface area contributed by atoms with E-state index in [1.165, 1.54) is 0 Å². The highest BCUT2D eigenvalue weighted by Gasteiger charge is 2.23. The van der Waals surface area contributed by atoms with Gasteiger partial charge in [-0.05, 0) is 20.3 Å². The minimum absolute atomic E-state index is 0.177. The average molecular weight is 170 g/mol. The lowest BCUT2D eigenvalue weighted by Gasteiger charge is -2.22. The summed E-state index contributed by atoms with van der Waals surface area (Å²) in [7, 11) is 0. The van der Waals surface area contributed by atoms with Gasteiger partial charge in [-0.3, -0.25) is 0 Å². The van der Waals surface area contributed by atoms with Gasteiger partial charge in [-0.1, -0.05) is 6.92 Å². The van der Waals surface area contributed by atoms with Crippen LogP contribution in [0, 0.1) is 0 Å². The van der Waals surface area contributed by atoms with E-state index >= 15 is 0 Å². The zero-order valence-corrected chi connectivity index (χ0v) is 8.06. The normalized spacial score (nSPS) is 37.2. The van der Waals surface area contributed by atoms with Gasteiger partial charge in [0.05, 0.1) is 4.75 Å². The van der Waals surface area contributed by atoms with E-state index < -0.39 is 0 Å². The van der Waals surface area contributed by atoms with Crippen LogP contribution in [-0.4, -0.2) is 22.4 Å². The van der Waals surface area contributed by atoms with Crippen molar-refractivity contribution in [1.82, 2.24) is 0 Å². The van der Waals surface area contributed by atoms with Crippen molar-refractivity contribution >= 4 is 24.2 Å². The molecule has 1 rings (SSSR count). The van der Waals surface area contributed by atoms with Crippen LogP contribution in [0.25, 0.3) is 0 Å². The monoisotopic (exact) mass is 170 g/mol. The van der Waals surface area contributed by atoms with E-state index in [2.05, 4.69) is 31.0 Å². The van der Waals surface area contributed by atoms with Gasteiger partial charge in [-0.15, -0.1) is 11.8 Å². The summed E-state index contributed by atoms with van der Waals surface area (Å²) < 4.78 is 0.177. The van der Waals surface area contributed by atoms with Crippen LogP contribution >= 0.6 is 11.8 Å². The van der Waals surface area contributed by atoms with Crippen LogP contribution in [0.3, 0.4) is 0 Å². The summed E-state index contributed by atoms with van der Waals surface area (Å²) in [6.45, 7) is 6.53. The number of rotatable bonds is 1. The third-order valence-electron chi connectivity index (χ3n) is 1.83. The van der Waals surface area contributed by atoms with Crippen LogP contribution in [-0.2, 0) is 0 Å². The Balaban J connectivity index is 2.71. The van der Waals surface area contributed by atoms with Crippen molar-refractivity contribution in [1.29, 1.82) is 0 Å². The summed E-state index contributed by atoms with van der Waals surface area (Å²) in [6.07, 6.45) is 4.94. The topological polar surface area (TPSA) is 24.7 Å². The van der Waals surface area contributed by atoms with Crippen LogP contribution in [0.2, 0.25) is 0 Å². The molecule has 1 aliphatic heterocycles. The predicted octanol–water partition coefficient (Wildman–Crippen LogP) is 2.35. The molecule has 1 heterocycles. The smallest absolute Gasteiger partial charge is 0.0505 e. The molecular weight excluding hydrogens is 156 g/mol. The van der Waals surface area contributed by atoms with E-state index in [4.69, 9.17) is 0 Å². The van der Waals surface area contributed by atoms with Gasteiger partial charge in [0, 0.05) is 17.7 Å². The Morgan fingerprint density at radius 1 is 1.55 bits per heavy atom. The van der Waals surface area contributed by atoms with Crippen molar-refractivity contribution in [2.24, 2.45) is 10.2 Å². The minimum atomic E-state index is 0.177. The molecule has 2 atom stereocenters. The van der Waals surface area contributed by atoms with Gasteiger partial charge >= 0.3 is 0 Å². The molecule has 1 aliphatic rings. The van der Waals surface area contributed by atoms with Crippen LogP contribution in [0.1, 0.15) is 27.2 Å². The fourth-order valence-electron chi connectivity index (χ4n) is 0.948. The number of nitrogens with zero attached hydrogens (tertiary/aromatic N) is 2. The van der Waals surface area contributed by atoms with Gasteiger partial charge in [0.15, 0.2) is 0 Å². The van der Waals surface area contributed by atoms with E-state index in [0.29, 0.717) is 5.25 Å². The lowest BCUT2D eigenvalue weighted by Crippen LogP contribution is -2.23. The Kier molecular flexibility index (Phi) is 2.71. The van der Waals surface area contributed by atoms with E-state index in [1.54, 1.807) is 0 Å². The van der Waals surface area contributed by atoms with Crippen LogP contribution in [0.5, 0.6) is 0 Å². The molecule has 0 aromatic carbocycles. The molecule has 0 amide bonds. The Morgan fingerprint density at radius 2 is 2.27 bits per heavy atom. The molecule has 0 aromatic rings. The Labute approximate surface area is 72.2 Å². The zero-order valence-electron chi connectivity index (χ0n) is 7.24. The number of hydrogen-bond acceptors (Lipinski definition) is 3. The molecule has 0 fully saturated rings. The minimum Gasteiger partial charge on any atom is -0.163 e. The van der Waals surface area contributed by atoms with Crippen LogP contribution in [0.15, 0.2) is 10.2 Å². The summed E-state index contributed by atoms with van der Waals surface area (Å²) in [6, 6.07) is 0. The molecule has 0 saturated heterocycles. The summed E-state index contributed by atoms with van der Waals surface area (Å²) >= 11 is 1.91. The first-order chi connectivity index (χ1) is 5.16. The van der Waals surface area contributed by atoms with Gasteiger partial charge in [-0.2, -0.15) is 10.2 Å². The van der Waals surface area contributed by atoms with E-state index in [1.807, 2.05) is 24.2 Å². The Hall–Kier alpha value is -0.310. The number of thioether (sulfide) groups is 1. The van der Waals surface area contributed by atoms with E-state index in [0.717, 1.165) is 6.42 Å². The molecule has 11 heavy (non-hydrogen) atoms. The standard InChI is InChI=1S/C8H14N2S/c1-4-8(3)6-10-9-5-7(2)11-8/h5-7H,4H2,1-3H3. The second kappa shape index (κ2) is 3.39. The maximum absolute atomic E-state index is 3.97. The molecular formula is C8H14N2S. The quantitative estimate of drug-likeness (QED) is 0.593. The van der Waals surface area contributed by atoms with Crippen LogP contribution < -0.4 is 0 Å². The van der Waals surface area contributed by atoms with E-state index in [-0.39, 0.29) is 4.75 Å². The zero-order chi connectivity index (χ0) is 8.32. The molecule has 0 saturated carbocycles. The molecule has 0 aliphatic carbocycles. The molecule has 0 spiro atoms. The van der Waals surface area contributed by atoms with Crippen LogP contribution in [0.4, 0.5) is 0 Å². The molecule has 3 heteroatoms. The van der Waals surface area contributed by atoms with Crippen molar-refractivity contribution in [2.75, 3.05) is 0 Å². The molecule has 0 N–H and O–H groups in total. The van der Waals surface area contributed by atoms with E-state index in [9.17, 15) is 0 Å². The second-order valence-corrected chi connectivity index (χ2v) is 4.91. The molecule has 0 radical (unpaired) electrons. The molecule has 2 nitrogen and oxygen atoms in total. The average Bonchev–Trinajstić information content (AvgIpc) is 2.13. The molecule has 62 valence electrons. The van der Waals surface area contributed by atoms with Crippen molar-refractivity contribution in [3.05, 3.63) is 0 Å². The van der Waals surface area contributed by atoms with Crippen molar-refractivity contribution in [3.63, 3.8) is 0 Å². The highest BCUT2D eigenvalue weighted by Crippen LogP contribution is 2.31. The lowest BCUT2D eigenvalue weighted by molar-refractivity contribution is 0.806. The van der Waals surface area contributed by atoms with Gasteiger partial charge < -0.3 is 0 Å². The van der Waals surface area contributed by atoms with Gasteiger partial charge in [-0.25, -0.2) is 0 Å². The predicted molar refractivity (Wildman–Crippen MR) is 52.7 cm³/mol. The Bertz CT molecular complexity index is 189. The Morgan fingerprint density at radius 3 is 2.91 bits per heavy atom. The van der Waals surface area contributed by atoms with Crippen molar-refractivity contribution < 1.29 is 0 Å². The molecule has 2 unspecified atom stereocenters. The fourth-order valence-corrected chi connectivity index (χ4v) is 2.19. The summed E-state index contributed by atoms with van der Waals surface area (Å²) in [5, 5.41) is 8.36. The highest BCUT2D eigenvalue weighted by molar-refractivity contribution is 8.02. The lowest BCUT2D eigenvalue weighted by atomic mass is 10.1. The first-order valence-corrected chi connectivity index (χ1v) is 4.80. The third kappa shape index (κ3) is 2.33. The fraction of sp³-hybridized carbons (Fsp3) is 0.750. The van der Waals surface area contributed by atoms with Gasteiger partial charge in [0.1, 0.15) is 0 Å². The number of hydrogen-bond donors (Lipinski definition) is 0. The third-order valence-corrected chi connectivity index (χ3v) is 3.26. The SMILES string of the molecule is CCC1(C)C=NN=CC(C)S1. The first-order valence-electron chi connectivity index (χ1n) is 3.92. The first kappa shape index (κ1) is 8.78.